The number of carbonyl (C=O) groups is 1. The summed E-state index contributed by atoms with van der Waals surface area (Å²) in [6, 6.07) is 14.9. The first-order chi connectivity index (χ1) is 19.4. The Bertz CT molecular complexity index is 1390. The molecule has 2 atom stereocenters. The van der Waals surface area contributed by atoms with Gasteiger partial charge in [0, 0.05) is 31.3 Å². The second kappa shape index (κ2) is 11.2. The summed E-state index contributed by atoms with van der Waals surface area (Å²) in [5.41, 5.74) is 8.59. The fraction of sp³-hybridized carbons (Fsp3) is 0.433. The zero-order chi connectivity index (χ0) is 29.4. The van der Waals surface area contributed by atoms with Gasteiger partial charge in [-0.25, -0.2) is 0 Å². The molecule has 1 aromatic heterocycles. The Balaban J connectivity index is 1.32. The monoisotopic (exact) mass is 569 g/mol. The molecule has 0 amide bonds. The summed E-state index contributed by atoms with van der Waals surface area (Å²) < 4.78 is 48.1. The van der Waals surface area contributed by atoms with Gasteiger partial charge in [-0.2, -0.15) is 23.1 Å². The van der Waals surface area contributed by atoms with E-state index in [4.69, 9.17) is 10.5 Å². The summed E-state index contributed by atoms with van der Waals surface area (Å²) in [6.07, 6.45) is -4.95. The molecular weight excluding hydrogens is 535 g/mol. The number of nitrogens with one attached hydrogen (secondary N) is 1. The maximum absolute atomic E-state index is 14.2. The van der Waals surface area contributed by atoms with Crippen LogP contribution >= 0.6 is 0 Å². The largest absolute Gasteiger partial charge is 0.480 e. The molecule has 8 nitrogen and oxygen atoms in total. The Morgan fingerprint density at radius 3 is 2.39 bits per heavy atom. The van der Waals surface area contributed by atoms with Crippen molar-refractivity contribution in [2.24, 2.45) is 5.41 Å². The van der Waals surface area contributed by atoms with Crippen LogP contribution in [-0.4, -0.2) is 52.9 Å². The van der Waals surface area contributed by atoms with Crippen LogP contribution in [-0.2, 0) is 4.79 Å². The minimum absolute atomic E-state index is 0.0540. The number of nitrogens with zero attached hydrogens (tertiary/aromatic N) is 3. The van der Waals surface area contributed by atoms with Gasteiger partial charge in [0.05, 0.1) is 0 Å². The van der Waals surface area contributed by atoms with E-state index in [-0.39, 0.29) is 22.8 Å². The summed E-state index contributed by atoms with van der Waals surface area (Å²) in [7, 11) is 0. The van der Waals surface area contributed by atoms with E-state index in [1.807, 2.05) is 29.2 Å². The second-order valence-corrected chi connectivity index (χ2v) is 11.3. The van der Waals surface area contributed by atoms with Crippen LogP contribution in [0.5, 0.6) is 5.88 Å². The lowest BCUT2D eigenvalue weighted by Crippen LogP contribution is -2.41. The molecule has 1 spiro atoms. The number of piperidine rings is 1. The number of carboxylic acid groups (broad SMARTS) is 1. The highest BCUT2D eigenvalue weighted by molar-refractivity contribution is 5.74. The normalized spacial score (nSPS) is 19.5. The van der Waals surface area contributed by atoms with Crippen LogP contribution in [0, 0.1) is 5.41 Å². The van der Waals surface area contributed by atoms with Gasteiger partial charge in [-0.15, -0.1) is 0 Å². The van der Waals surface area contributed by atoms with Crippen molar-refractivity contribution in [3.8, 4) is 17.0 Å². The quantitative estimate of drug-likeness (QED) is 0.339. The molecule has 2 aliphatic heterocycles. The molecule has 0 radical (unpaired) electrons. The van der Waals surface area contributed by atoms with Gasteiger partial charge in [-0.3, -0.25) is 4.79 Å². The molecule has 2 saturated heterocycles. The SMILES string of the molecule is CC(C)c1cccc(-c2ccc([C@@H](Oc3cc(N4CCC5(CC4)CN[C@H](C(=O)O)C5)nc(N)n3)C(F)(F)F)cc2)c1. The number of hydrogen-bond acceptors (Lipinski definition) is 7. The van der Waals surface area contributed by atoms with E-state index in [2.05, 4.69) is 29.1 Å². The molecule has 0 bridgehead atoms. The van der Waals surface area contributed by atoms with E-state index in [1.165, 1.54) is 18.2 Å². The third kappa shape index (κ3) is 6.40. The molecule has 2 fully saturated rings. The summed E-state index contributed by atoms with van der Waals surface area (Å²) in [4.78, 5) is 21.5. The number of nitrogen functional groups attached to an aromatic ring is 1. The Morgan fingerprint density at radius 2 is 1.78 bits per heavy atom. The van der Waals surface area contributed by atoms with Gasteiger partial charge in [0.2, 0.25) is 17.9 Å². The average molecular weight is 570 g/mol. The summed E-state index contributed by atoms with van der Waals surface area (Å²) >= 11 is 0. The number of aromatic nitrogens is 2. The molecule has 2 aromatic carbocycles. The zero-order valence-electron chi connectivity index (χ0n) is 23.0. The van der Waals surface area contributed by atoms with Gasteiger partial charge in [0.1, 0.15) is 11.9 Å². The standard InChI is InChI=1S/C30H34F3N5O3/c1-18(2)21-4-3-5-22(14-21)19-6-8-20(9-7-19)26(30(31,32)33)41-25-15-24(36-28(34)37-25)38-12-10-29(11-13-38)16-23(27(39)40)35-17-29/h3-9,14-15,18,23,26,35H,10-13,16-17H2,1-2H3,(H,39,40)(H2,34,36,37)/t23-,26+/m0/s1. The van der Waals surface area contributed by atoms with Crippen LogP contribution in [0.2, 0.25) is 0 Å². The highest BCUT2D eigenvalue weighted by Gasteiger charge is 2.45. The van der Waals surface area contributed by atoms with E-state index >= 15 is 0 Å². The number of carboxylic acids is 1. The number of rotatable bonds is 7. The van der Waals surface area contributed by atoms with Crippen molar-refractivity contribution in [2.45, 2.75) is 57.3 Å². The maximum atomic E-state index is 14.2. The van der Waals surface area contributed by atoms with Crippen LogP contribution in [0.3, 0.4) is 0 Å². The molecular formula is C30H34F3N5O3. The molecule has 0 unspecified atom stereocenters. The Hall–Kier alpha value is -3.86. The molecule has 41 heavy (non-hydrogen) atoms. The van der Waals surface area contributed by atoms with Gasteiger partial charge in [0.15, 0.2) is 0 Å². The smallest absolute Gasteiger partial charge is 0.429 e. The highest BCUT2D eigenvalue weighted by Crippen LogP contribution is 2.41. The molecule has 5 rings (SSSR count). The van der Waals surface area contributed by atoms with Crippen molar-refractivity contribution >= 4 is 17.7 Å². The van der Waals surface area contributed by atoms with Crippen molar-refractivity contribution in [3.05, 3.63) is 65.7 Å². The first-order valence-corrected chi connectivity index (χ1v) is 13.7. The number of nitrogens with two attached hydrogens (primary N) is 1. The van der Waals surface area contributed by atoms with Crippen molar-refractivity contribution in [1.82, 2.24) is 15.3 Å². The van der Waals surface area contributed by atoms with Crippen LogP contribution in [0.25, 0.3) is 11.1 Å². The lowest BCUT2D eigenvalue weighted by Gasteiger charge is -2.39. The van der Waals surface area contributed by atoms with Gasteiger partial charge in [0.25, 0.3) is 0 Å². The Kier molecular flexibility index (Phi) is 7.83. The van der Waals surface area contributed by atoms with Gasteiger partial charge in [-0.05, 0) is 47.3 Å². The number of ether oxygens (including phenoxy) is 1. The molecule has 0 aliphatic carbocycles. The molecule has 11 heteroatoms. The molecule has 218 valence electrons. The summed E-state index contributed by atoms with van der Waals surface area (Å²) in [5.74, 6) is -0.601. The lowest BCUT2D eigenvalue weighted by atomic mass is 9.76. The number of aliphatic carboxylic acids is 1. The average Bonchev–Trinajstić information content (AvgIpc) is 3.35. The van der Waals surface area contributed by atoms with E-state index in [9.17, 15) is 23.1 Å². The van der Waals surface area contributed by atoms with E-state index in [1.54, 1.807) is 12.1 Å². The summed E-state index contributed by atoms with van der Waals surface area (Å²) in [5, 5.41) is 12.4. The second-order valence-electron chi connectivity index (χ2n) is 11.3. The minimum Gasteiger partial charge on any atom is -0.480 e. The number of anilines is 2. The van der Waals surface area contributed by atoms with Crippen molar-refractivity contribution < 1.29 is 27.8 Å². The van der Waals surface area contributed by atoms with Crippen molar-refractivity contribution in [3.63, 3.8) is 0 Å². The fourth-order valence-corrected chi connectivity index (χ4v) is 5.71. The van der Waals surface area contributed by atoms with Crippen molar-refractivity contribution in [1.29, 1.82) is 0 Å². The predicted octanol–water partition coefficient (Wildman–Crippen LogP) is 5.56. The molecule has 0 saturated carbocycles. The third-order valence-electron chi connectivity index (χ3n) is 8.15. The number of benzene rings is 2. The van der Waals surface area contributed by atoms with Crippen LogP contribution in [0.4, 0.5) is 24.9 Å². The minimum atomic E-state index is -4.70. The molecule has 3 heterocycles. The van der Waals surface area contributed by atoms with Crippen LogP contribution in [0.1, 0.15) is 56.3 Å². The first-order valence-electron chi connectivity index (χ1n) is 13.7. The topological polar surface area (TPSA) is 114 Å². The highest BCUT2D eigenvalue weighted by atomic mass is 19.4. The van der Waals surface area contributed by atoms with E-state index < -0.39 is 24.3 Å². The van der Waals surface area contributed by atoms with Gasteiger partial charge < -0.3 is 25.8 Å². The van der Waals surface area contributed by atoms with Gasteiger partial charge >= 0.3 is 12.1 Å². The molecule has 4 N–H and O–H groups in total. The fourth-order valence-electron chi connectivity index (χ4n) is 5.71. The molecule has 3 aromatic rings. The van der Waals surface area contributed by atoms with Crippen LogP contribution < -0.4 is 20.7 Å². The van der Waals surface area contributed by atoms with E-state index in [0.717, 1.165) is 29.5 Å². The van der Waals surface area contributed by atoms with Crippen molar-refractivity contribution in [2.75, 3.05) is 30.3 Å². The number of halogens is 3. The zero-order valence-corrected chi connectivity index (χ0v) is 23.0. The maximum Gasteiger partial charge on any atom is 0.429 e. The van der Waals surface area contributed by atoms with Gasteiger partial charge in [-0.1, -0.05) is 62.4 Å². The Labute approximate surface area is 236 Å². The number of alkyl halides is 3. The predicted molar refractivity (Wildman–Crippen MR) is 150 cm³/mol. The van der Waals surface area contributed by atoms with Crippen LogP contribution in [0.15, 0.2) is 54.6 Å². The summed E-state index contributed by atoms with van der Waals surface area (Å²) in [6.45, 7) is 5.92. The Morgan fingerprint density at radius 1 is 1.07 bits per heavy atom. The number of hydrogen-bond donors (Lipinski definition) is 3. The van der Waals surface area contributed by atoms with E-state index in [0.29, 0.717) is 37.8 Å². The lowest BCUT2D eigenvalue weighted by molar-refractivity contribution is -0.198. The third-order valence-corrected chi connectivity index (χ3v) is 8.15. The first kappa shape index (κ1) is 28.7. The molecule has 2 aliphatic rings.